The molecule has 104 valence electrons. The molecular formula is C12H23N3O3. The Balaban J connectivity index is 2.37. The molecule has 1 atom stereocenters. The summed E-state index contributed by atoms with van der Waals surface area (Å²) in [6, 6.07) is 0. The summed E-state index contributed by atoms with van der Waals surface area (Å²) in [5.41, 5.74) is 5.44. The average Bonchev–Trinajstić information content (AvgIpc) is 2.43. The molecule has 0 radical (unpaired) electrons. The van der Waals surface area contributed by atoms with Crippen LogP contribution in [0.3, 0.4) is 0 Å². The first-order valence-corrected chi connectivity index (χ1v) is 6.42. The molecule has 0 spiro atoms. The number of hydrogen-bond donors (Lipinski definition) is 1. The van der Waals surface area contributed by atoms with Crippen molar-refractivity contribution in [1.82, 2.24) is 9.80 Å². The summed E-state index contributed by atoms with van der Waals surface area (Å²) < 4.78 is 4.66. The molecule has 0 bridgehead atoms. The van der Waals surface area contributed by atoms with Crippen LogP contribution in [0.15, 0.2) is 0 Å². The number of ether oxygens (including phenoxy) is 1. The number of rotatable bonds is 4. The Morgan fingerprint density at radius 3 is 2.28 bits per heavy atom. The second kappa shape index (κ2) is 7.20. The van der Waals surface area contributed by atoms with E-state index >= 15 is 0 Å². The highest BCUT2D eigenvalue weighted by Gasteiger charge is 2.26. The zero-order valence-corrected chi connectivity index (χ0v) is 11.2. The first-order valence-electron chi connectivity index (χ1n) is 6.42. The van der Waals surface area contributed by atoms with E-state index in [1.54, 1.807) is 4.90 Å². The van der Waals surface area contributed by atoms with Crippen LogP contribution in [0.4, 0.5) is 4.79 Å². The van der Waals surface area contributed by atoms with Crippen molar-refractivity contribution in [2.24, 2.45) is 11.7 Å². The van der Waals surface area contributed by atoms with Crippen molar-refractivity contribution < 1.29 is 14.3 Å². The van der Waals surface area contributed by atoms with Gasteiger partial charge < -0.3 is 20.3 Å². The van der Waals surface area contributed by atoms with Crippen LogP contribution in [0, 0.1) is 5.92 Å². The lowest BCUT2D eigenvalue weighted by Crippen LogP contribution is -2.51. The van der Waals surface area contributed by atoms with Gasteiger partial charge in [0.15, 0.2) is 0 Å². The van der Waals surface area contributed by atoms with Crippen LogP contribution >= 0.6 is 0 Å². The second-order valence-corrected chi connectivity index (χ2v) is 4.61. The van der Waals surface area contributed by atoms with Crippen molar-refractivity contribution in [3.8, 4) is 0 Å². The van der Waals surface area contributed by atoms with E-state index in [1.807, 2.05) is 11.8 Å². The van der Waals surface area contributed by atoms with Crippen molar-refractivity contribution in [2.75, 3.05) is 39.8 Å². The molecule has 0 aromatic carbocycles. The van der Waals surface area contributed by atoms with Crippen LogP contribution in [-0.2, 0) is 9.53 Å². The lowest BCUT2D eigenvalue weighted by molar-refractivity contribution is -0.136. The highest BCUT2D eigenvalue weighted by molar-refractivity contribution is 5.79. The Hall–Kier alpha value is -1.30. The van der Waals surface area contributed by atoms with Gasteiger partial charge in [-0.1, -0.05) is 6.92 Å². The standard InChI is InChI=1S/C12H23N3O3/c1-10(4-3-5-13)11(16)14-6-8-15(9-7-14)12(17)18-2/h10H,3-9,13H2,1-2H3. The molecule has 0 saturated carbocycles. The predicted molar refractivity (Wildman–Crippen MR) is 68.0 cm³/mol. The zero-order valence-electron chi connectivity index (χ0n) is 11.2. The minimum Gasteiger partial charge on any atom is -0.453 e. The third kappa shape index (κ3) is 3.87. The predicted octanol–water partition coefficient (Wildman–Crippen LogP) is 0.272. The van der Waals surface area contributed by atoms with E-state index in [-0.39, 0.29) is 17.9 Å². The lowest BCUT2D eigenvalue weighted by Gasteiger charge is -2.35. The minimum atomic E-state index is -0.321. The highest BCUT2D eigenvalue weighted by atomic mass is 16.5. The molecule has 0 aromatic rings. The molecule has 0 aromatic heterocycles. The zero-order chi connectivity index (χ0) is 13.5. The number of nitrogens with zero attached hydrogens (tertiary/aromatic N) is 2. The monoisotopic (exact) mass is 257 g/mol. The molecule has 0 aliphatic carbocycles. The van der Waals surface area contributed by atoms with E-state index in [1.165, 1.54) is 7.11 Å². The highest BCUT2D eigenvalue weighted by Crippen LogP contribution is 2.12. The second-order valence-electron chi connectivity index (χ2n) is 4.61. The van der Waals surface area contributed by atoms with Gasteiger partial charge in [0.2, 0.25) is 5.91 Å². The molecule has 1 fully saturated rings. The number of hydrogen-bond acceptors (Lipinski definition) is 4. The molecule has 1 aliphatic heterocycles. The van der Waals surface area contributed by atoms with Gasteiger partial charge in [0, 0.05) is 32.1 Å². The number of amides is 2. The first-order chi connectivity index (χ1) is 8.60. The van der Waals surface area contributed by atoms with Gasteiger partial charge in [-0.05, 0) is 19.4 Å². The van der Waals surface area contributed by atoms with Crippen molar-refractivity contribution in [2.45, 2.75) is 19.8 Å². The summed E-state index contributed by atoms with van der Waals surface area (Å²) in [7, 11) is 1.37. The normalized spacial score (nSPS) is 17.5. The van der Waals surface area contributed by atoms with Crippen LogP contribution in [0.5, 0.6) is 0 Å². The van der Waals surface area contributed by atoms with E-state index in [4.69, 9.17) is 5.73 Å². The van der Waals surface area contributed by atoms with Crippen molar-refractivity contribution in [1.29, 1.82) is 0 Å². The number of nitrogens with two attached hydrogens (primary N) is 1. The molecule has 1 rings (SSSR count). The fourth-order valence-electron chi connectivity index (χ4n) is 2.10. The van der Waals surface area contributed by atoms with Crippen LogP contribution in [-0.4, -0.2) is 61.6 Å². The van der Waals surface area contributed by atoms with Crippen molar-refractivity contribution in [3.63, 3.8) is 0 Å². The summed E-state index contributed by atoms with van der Waals surface area (Å²) in [5, 5.41) is 0. The minimum absolute atomic E-state index is 0.0122. The number of methoxy groups -OCH3 is 1. The Kier molecular flexibility index (Phi) is 5.91. The van der Waals surface area contributed by atoms with Gasteiger partial charge in [-0.3, -0.25) is 4.79 Å². The maximum absolute atomic E-state index is 12.1. The van der Waals surface area contributed by atoms with E-state index in [0.717, 1.165) is 12.8 Å². The van der Waals surface area contributed by atoms with E-state index < -0.39 is 0 Å². The van der Waals surface area contributed by atoms with Gasteiger partial charge in [-0.15, -0.1) is 0 Å². The third-order valence-electron chi connectivity index (χ3n) is 3.29. The summed E-state index contributed by atoms with van der Waals surface area (Å²) in [6.45, 7) is 4.81. The molecule has 1 unspecified atom stereocenters. The van der Waals surface area contributed by atoms with Crippen molar-refractivity contribution >= 4 is 12.0 Å². The molecular weight excluding hydrogens is 234 g/mol. The summed E-state index contributed by atoms with van der Waals surface area (Å²) in [6.07, 6.45) is 1.37. The smallest absolute Gasteiger partial charge is 0.409 e. The molecule has 1 saturated heterocycles. The topological polar surface area (TPSA) is 75.9 Å². The van der Waals surface area contributed by atoms with Gasteiger partial charge in [0.05, 0.1) is 7.11 Å². The fourth-order valence-corrected chi connectivity index (χ4v) is 2.10. The van der Waals surface area contributed by atoms with E-state index in [2.05, 4.69) is 4.74 Å². The maximum atomic E-state index is 12.1. The molecule has 1 heterocycles. The molecule has 2 N–H and O–H groups in total. The number of piperazine rings is 1. The van der Waals surface area contributed by atoms with Crippen LogP contribution in [0.2, 0.25) is 0 Å². The van der Waals surface area contributed by atoms with Crippen molar-refractivity contribution in [3.05, 3.63) is 0 Å². The Labute approximate surface area is 108 Å². The largest absolute Gasteiger partial charge is 0.453 e. The van der Waals surface area contributed by atoms with Crippen LogP contribution < -0.4 is 5.73 Å². The molecule has 6 heteroatoms. The lowest BCUT2D eigenvalue weighted by atomic mass is 10.0. The van der Waals surface area contributed by atoms with Gasteiger partial charge in [0.1, 0.15) is 0 Å². The van der Waals surface area contributed by atoms with E-state index in [9.17, 15) is 9.59 Å². The Bertz CT molecular complexity index is 288. The molecule has 6 nitrogen and oxygen atoms in total. The maximum Gasteiger partial charge on any atom is 0.409 e. The number of carbonyl (C=O) groups excluding carboxylic acids is 2. The van der Waals surface area contributed by atoms with Crippen LogP contribution in [0.25, 0.3) is 0 Å². The molecule has 18 heavy (non-hydrogen) atoms. The third-order valence-corrected chi connectivity index (χ3v) is 3.29. The summed E-state index contributed by atoms with van der Waals surface area (Å²) >= 11 is 0. The quantitative estimate of drug-likeness (QED) is 0.784. The summed E-state index contributed by atoms with van der Waals surface area (Å²) in [5.74, 6) is 0.172. The molecule has 1 aliphatic rings. The van der Waals surface area contributed by atoms with E-state index in [0.29, 0.717) is 32.7 Å². The number of carbonyl (C=O) groups is 2. The molecule has 2 amide bonds. The van der Waals surface area contributed by atoms with Gasteiger partial charge >= 0.3 is 6.09 Å². The summed E-state index contributed by atoms with van der Waals surface area (Å²) in [4.78, 5) is 26.8. The van der Waals surface area contributed by atoms with Crippen LogP contribution in [0.1, 0.15) is 19.8 Å². The Morgan fingerprint density at radius 1 is 1.22 bits per heavy atom. The Morgan fingerprint density at radius 2 is 1.78 bits per heavy atom. The van der Waals surface area contributed by atoms with Gasteiger partial charge in [-0.2, -0.15) is 0 Å². The van der Waals surface area contributed by atoms with Gasteiger partial charge in [0.25, 0.3) is 0 Å². The SMILES string of the molecule is COC(=O)N1CCN(C(=O)C(C)CCCN)CC1. The first kappa shape index (κ1) is 14.8. The fraction of sp³-hybridized carbons (Fsp3) is 0.833. The average molecular weight is 257 g/mol. The van der Waals surface area contributed by atoms with Gasteiger partial charge in [-0.25, -0.2) is 4.79 Å².